The van der Waals surface area contributed by atoms with Crippen LogP contribution in [-0.2, 0) is 9.05 Å². The molecule has 0 saturated carbocycles. The number of ether oxygens (including phenoxy) is 1. The van der Waals surface area contributed by atoms with Crippen LogP contribution in [0.3, 0.4) is 0 Å². The van der Waals surface area contributed by atoms with Crippen LogP contribution in [0.4, 0.5) is 4.39 Å². The Kier molecular flexibility index (Phi) is 6.36. The molecule has 0 aromatic heterocycles. The minimum absolute atomic E-state index is 0.0232. The van der Waals surface area contributed by atoms with E-state index in [1.165, 1.54) is 6.07 Å². The van der Waals surface area contributed by atoms with Crippen molar-refractivity contribution in [3.05, 3.63) is 27.4 Å². The summed E-state index contributed by atoms with van der Waals surface area (Å²) in [6, 6.07) is 2.54. The summed E-state index contributed by atoms with van der Waals surface area (Å²) in [5.74, 6) is -0.901. The molecule has 1 unspecified atom stereocenters. The van der Waals surface area contributed by atoms with E-state index in [-0.39, 0.29) is 34.5 Å². The van der Waals surface area contributed by atoms with Crippen LogP contribution in [0.25, 0.3) is 0 Å². The van der Waals surface area contributed by atoms with E-state index in [2.05, 4.69) is 15.9 Å². The zero-order valence-electron chi connectivity index (χ0n) is 11.8. The molecule has 1 rings (SSSR count). The van der Waals surface area contributed by atoms with Crippen molar-refractivity contribution < 1.29 is 17.5 Å². The van der Waals surface area contributed by atoms with E-state index in [1.807, 2.05) is 20.8 Å². The average Bonchev–Trinajstić information content (AvgIpc) is 2.27. The smallest absolute Gasteiger partial charge is 0.233 e. The molecule has 0 heterocycles. The lowest BCUT2D eigenvalue weighted by molar-refractivity contribution is 0.162. The van der Waals surface area contributed by atoms with Gasteiger partial charge in [0.1, 0.15) is 11.6 Å². The quantitative estimate of drug-likeness (QED) is 0.504. The number of hydrogen-bond acceptors (Lipinski definition) is 3. The molecule has 1 atom stereocenters. The molecule has 0 N–H and O–H groups in total. The van der Waals surface area contributed by atoms with Crippen LogP contribution in [0.5, 0.6) is 5.75 Å². The molecule has 21 heavy (non-hydrogen) atoms. The van der Waals surface area contributed by atoms with Gasteiger partial charge in [-0.25, -0.2) is 12.8 Å². The van der Waals surface area contributed by atoms with Gasteiger partial charge in [-0.3, -0.25) is 0 Å². The minimum atomic E-state index is -3.65. The van der Waals surface area contributed by atoms with Crippen molar-refractivity contribution in [3.8, 4) is 5.75 Å². The predicted molar refractivity (Wildman–Crippen MR) is 87.2 cm³/mol. The first-order valence-corrected chi connectivity index (χ1v) is 9.75. The second-order valence-electron chi connectivity index (χ2n) is 5.78. The largest absolute Gasteiger partial charge is 0.492 e. The van der Waals surface area contributed by atoms with Crippen molar-refractivity contribution in [2.45, 2.75) is 20.8 Å². The van der Waals surface area contributed by atoms with Gasteiger partial charge in [-0.05, 0) is 27.4 Å². The van der Waals surface area contributed by atoms with Crippen LogP contribution in [0.2, 0.25) is 5.02 Å². The summed E-state index contributed by atoms with van der Waals surface area (Å²) in [7, 11) is 1.67. The van der Waals surface area contributed by atoms with Crippen molar-refractivity contribution in [1.29, 1.82) is 0 Å². The summed E-state index contributed by atoms with van der Waals surface area (Å²) in [5, 5.41) is -0.0232. The lowest BCUT2D eigenvalue weighted by Gasteiger charge is -2.29. The highest BCUT2D eigenvalue weighted by atomic mass is 79.9. The summed E-state index contributed by atoms with van der Waals surface area (Å²) in [5.41, 5.74) is -0.334. The van der Waals surface area contributed by atoms with Crippen LogP contribution in [0.1, 0.15) is 20.8 Å². The number of halogens is 4. The van der Waals surface area contributed by atoms with Gasteiger partial charge >= 0.3 is 0 Å². The van der Waals surface area contributed by atoms with E-state index in [4.69, 9.17) is 27.0 Å². The normalized spacial score (nSPS) is 14.0. The van der Waals surface area contributed by atoms with E-state index in [0.29, 0.717) is 4.47 Å². The Morgan fingerprint density at radius 2 is 1.95 bits per heavy atom. The van der Waals surface area contributed by atoms with E-state index in [1.54, 1.807) is 0 Å². The average molecular weight is 422 g/mol. The molecule has 1 aromatic carbocycles. The van der Waals surface area contributed by atoms with Crippen LogP contribution in [0.15, 0.2) is 16.6 Å². The fraction of sp³-hybridized carbons (Fsp3) is 0.538. The number of benzene rings is 1. The Bertz CT molecular complexity index is 615. The molecule has 0 aliphatic carbocycles. The maximum Gasteiger partial charge on any atom is 0.233 e. The molecular formula is C13H16BrCl2FO3S. The lowest BCUT2D eigenvalue weighted by Crippen LogP contribution is -2.31. The van der Waals surface area contributed by atoms with Crippen molar-refractivity contribution in [3.63, 3.8) is 0 Å². The Morgan fingerprint density at radius 1 is 1.38 bits per heavy atom. The van der Waals surface area contributed by atoms with Crippen LogP contribution in [-0.4, -0.2) is 20.8 Å². The van der Waals surface area contributed by atoms with Crippen LogP contribution < -0.4 is 4.74 Å². The van der Waals surface area contributed by atoms with Crippen molar-refractivity contribution in [1.82, 2.24) is 0 Å². The minimum Gasteiger partial charge on any atom is -0.492 e. The molecule has 8 heteroatoms. The molecular weight excluding hydrogens is 406 g/mol. The molecule has 0 amide bonds. The maximum absolute atomic E-state index is 13.4. The van der Waals surface area contributed by atoms with Gasteiger partial charge in [0.15, 0.2) is 0 Å². The van der Waals surface area contributed by atoms with Gasteiger partial charge in [0.25, 0.3) is 0 Å². The fourth-order valence-corrected chi connectivity index (χ4v) is 3.88. The van der Waals surface area contributed by atoms with Gasteiger partial charge in [0, 0.05) is 22.7 Å². The Balaban J connectivity index is 2.90. The molecule has 1 aromatic rings. The molecule has 120 valence electrons. The number of rotatable bonds is 5. The first-order chi connectivity index (χ1) is 9.40. The van der Waals surface area contributed by atoms with Gasteiger partial charge in [0.05, 0.1) is 21.9 Å². The highest BCUT2D eigenvalue weighted by molar-refractivity contribution is 9.10. The molecule has 3 nitrogen and oxygen atoms in total. The predicted octanol–water partition coefficient (Wildman–Crippen LogP) is 4.85. The summed E-state index contributed by atoms with van der Waals surface area (Å²) in [6.07, 6.45) is 0. The SMILES string of the molecule is CC(C)(C)C(COc1cc(F)c(Cl)cc1Br)CS(=O)(=O)Cl. The van der Waals surface area contributed by atoms with Crippen LogP contribution in [0, 0.1) is 17.2 Å². The third-order valence-electron chi connectivity index (χ3n) is 3.04. The van der Waals surface area contributed by atoms with E-state index < -0.39 is 14.9 Å². The zero-order chi connectivity index (χ0) is 16.4. The summed E-state index contributed by atoms with van der Waals surface area (Å²) in [4.78, 5) is 0. The third-order valence-corrected chi connectivity index (χ3v) is 5.13. The molecule has 0 bridgehead atoms. The highest BCUT2D eigenvalue weighted by Gasteiger charge is 2.30. The van der Waals surface area contributed by atoms with E-state index in [9.17, 15) is 12.8 Å². The molecule has 0 aliphatic rings. The summed E-state index contributed by atoms with van der Waals surface area (Å²) >= 11 is 8.87. The second kappa shape index (κ2) is 7.02. The van der Waals surface area contributed by atoms with Gasteiger partial charge < -0.3 is 4.74 Å². The van der Waals surface area contributed by atoms with Gasteiger partial charge in [0.2, 0.25) is 9.05 Å². The van der Waals surface area contributed by atoms with Crippen molar-refractivity contribution >= 4 is 47.3 Å². The van der Waals surface area contributed by atoms with E-state index >= 15 is 0 Å². The monoisotopic (exact) mass is 420 g/mol. The van der Waals surface area contributed by atoms with Gasteiger partial charge in [-0.2, -0.15) is 0 Å². The molecule has 0 spiro atoms. The standard InChI is InChI=1S/C13H16BrCl2FO3S/c1-13(2,3)8(7-21(16,18)19)6-20-12-5-11(17)10(15)4-9(12)14/h4-5,8H,6-7H2,1-3H3. The van der Waals surface area contributed by atoms with Gasteiger partial charge in [-0.15, -0.1) is 0 Å². The Morgan fingerprint density at radius 3 is 2.43 bits per heavy atom. The van der Waals surface area contributed by atoms with Crippen molar-refractivity contribution in [2.24, 2.45) is 11.3 Å². The van der Waals surface area contributed by atoms with Crippen LogP contribution >= 0.6 is 38.2 Å². The zero-order valence-corrected chi connectivity index (χ0v) is 15.7. The molecule has 0 aliphatic heterocycles. The first-order valence-electron chi connectivity index (χ1n) is 6.10. The lowest BCUT2D eigenvalue weighted by atomic mass is 9.82. The van der Waals surface area contributed by atoms with E-state index in [0.717, 1.165) is 6.07 Å². The van der Waals surface area contributed by atoms with Crippen molar-refractivity contribution in [2.75, 3.05) is 12.4 Å². The topological polar surface area (TPSA) is 43.4 Å². The summed E-state index contributed by atoms with van der Waals surface area (Å²) < 4.78 is 42.1. The number of hydrogen-bond donors (Lipinski definition) is 0. The fourth-order valence-electron chi connectivity index (χ4n) is 1.59. The Labute approximate surface area is 142 Å². The Hall–Kier alpha value is -0.0400. The molecule has 0 fully saturated rings. The van der Waals surface area contributed by atoms with Gasteiger partial charge in [-0.1, -0.05) is 32.4 Å². The summed E-state index contributed by atoms with van der Waals surface area (Å²) in [6.45, 7) is 5.76. The third kappa shape index (κ3) is 6.30. The second-order valence-corrected chi connectivity index (χ2v) is 9.86. The first kappa shape index (κ1) is 19.0. The highest BCUT2D eigenvalue weighted by Crippen LogP contribution is 2.33. The molecule has 0 saturated heterocycles. The maximum atomic E-state index is 13.4. The molecule has 0 radical (unpaired) electrons.